The Morgan fingerprint density at radius 1 is 1.24 bits per heavy atom. The summed E-state index contributed by atoms with van der Waals surface area (Å²) in [5, 5.41) is 9.19. The first-order valence-corrected chi connectivity index (χ1v) is 6.91. The SMILES string of the molecule is CC(C(=O)N(CCO)Cc1cccnc1)c1cccnc1. The highest BCUT2D eigenvalue weighted by atomic mass is 16.3. The molecule has 0 aliphatic rings. The van der Waals surface area contributed by atoms with Crippen LogP contribution in [0.3, 0.4) is 0 Å². The van der Waals surface area contributed by atoms with E-state index >= 15 is 0 Å². The second-order valence-corrected chi connectivity index (χ2v) is 4.85. The molecule has 0 saturated heterocycles. The number of aliphatic hydroxyl groups is 1. The molecule has 0 bridgehead atoms. The first kappa shape index (κ1) is 15.1. The fourth-order valence-electron chi connectivity index (χ4n) is 2.15. The largest absolute Gasteiger partial charge is 0.395 e. The summed E-state index contributed by atoms with van der Waals surface area (Å²) in [6, 6.07) is 7.45. The number of amides is 1. The van der Waals surface area contributed by atoms with Gasteiger partial charge in [0.1, 0.15) is 0 Å². The van der Waals surface area contributed by atoms with E-state index in [1.165, 1.54) is 0 Å². The molecule has 21 heavy (non-hydrogen) atoms. The zero-order chi connectivity index (χ0) is 15.1. The van der Waals surface area contributed by atoms with E-state index in [-0.39, 0.29) is 18.4 Å². The van der Waals surface area contributed by atoms with Crippen molar-refractivity contribution in [3.8, 4) is 0 Å². The predicted octanol–water partition coefficient (Wildman–Crippen LogP) is 1.60. The molecule has 0 aromatic carbocycles. The molecule has 2 aromatic rings. The number of nitrogens with zero attached hydrogens (tertiary/aromatic N) is 3. The summed E-state index contributed by atoms with van der Waals surface area (Å²) in [5.74, 6) is -0.317. The Labute approximate surface area is 124 Å². The molecule has 5 nitrogen and oxygen atoms in total. The summed E-state index contributed by atoms with van der Waals surface area (Å²) in [6.07, 6.45) is 6.80. The van der Waals surface area contributed by atoms with Gasteiger partial charge in [-0.05, 0) is 30.2 Å². The fourth-order valence-corrected chi connectivity index (χ4v) is 2.15. The van der Waals surface area contributed by atoms with Crippen LogP contribution in [-0.2, 0) is 11.3 Å². The first-order valence-electron chi connectivity index (χ1n) is 6.91. The number of hydrogen-bond donors (Lipinski definition) is 1. The molecule has 2 rings (SSSR count). The van der Waals surface area contributed by atoms with Gasteiger partial charge in [-0.25, -0.2) is 0 Å². The maximum absolute atomic E-state index is 12.6. The Bertz CT molecular complexity index is 560. The van der Waals surface area contributed by atoms with Crippen LogP contribution in [0.4, 0.5) is 0 Å². The fraction of sp³-hybridized carbons (Fsp3) is 0.312. The lowest BCUT2D eigenvalue weighted by atomic mass is 10.0. The van der Waals surface area contributed by atoms with Gasteiger partial charge in [-0.3, -0.25) is 14.8 Å². The Balaban J connectivity index is 2.12. The minimum absolute atomic E-state index is 0.0269. The Morgan fingerprint density at radius 3 is 2.52 bits per heavy atom. The van der Waals surface area contributed by atoms with E-state index in [1.54, 1.807) is 29.7 Å². The second kappa shape index (κ2) is 7.50. The number of pyridine rings is 2. The predicted molar refractivity (Wildman–Crippen MR) is 79.4 cm³/mol. The van der Waals surface area contributed by atoms with Gasteiger partial charge in [-0.1, -0.05) is 12.1 Å². The van der Waals surface area contributed by atoms with Gasteiger partial charge in [0.15, 0.2) is 0 Å². The number of rotatable bonds is 6. The van der Waals surface area contributed by atoms with Crippen LogP contribution in [-0.4, -0.2) is 39.0 Å². The standard InChI is InChI=1S/C16H19N3O2/c1-13(15-5-3-7-18-11-15)16(21)19(8-9-20)12-14-4-2-6-17-10-14/h2-7,10-11,13,20H,8-9,12H2,1H3. The van der Waals surface area contributed by atoms with Crippen LogP contribution < -0.4 is 0 Å². The molecule has 2 aromatic heterocycles. The molecule has 1 N–H and O–H groups in total. The molecule has 2 heterocycles. The van der Waals surface area contributed by atoms with Crippen LogP contribution in [0.15, 0.2) is 49.1 Å². The summed E-state index contributed by atoms with van der Waals surface area (Å²) >= 11 is 0. The number of carbonyl (C=O) groups excluding carboxylic acids is 1. The third-order valence-corrected chi connectivity index (χ3v) is 3.33. The van der Waals surface area contributed by atoms with Gasteiger partial charge >= 0.3 is 0 Å². The van der Waals surface area contributed by atoms with Gasteiger partial charge < -0.3 is 10.0 Å². The van der Waals surface area contributed by atoms with E-state index in [0.717, 1.165) is 11.1 Å². The van der Waals surface area contributed by atoms with Crippen LogP contribution >= 0.6 is 0 Å². The van der Waals surface area contributed by atoms with Crippen LogP contribution in [0.1, 0.15) is 24.0 Å². The number of aromatic nitrogens is 2. The Hall–Kier alpha value is -2.27. The van der Waals surface area contributed by atoms with Gasteiger partial charge in [0.25, 0.3) is 0 Å². The van der Waals surface area contributed by atoms with Gasteiger partial charge in [-0.2, -0.15) is 0 Å². The maximum Gasteiger partial charge on any atom is 0.230 e. The highest BCUT2D eigenvalue weighted by molar-refractivity contribution is 5.83. The summed E-state index contributed by atoms with van der Waals surface area (Å²) < 4.78 is 0. The van der Waals surface area contributed by atoms with E-state index in [0.29, 0.717) is 13.1 Å². The van der Waals surface area contributed by atoms with Crippen molar-refractivity contribution in [2.24, 2.45) is 0 Å². The molecule has 0 saturated carbocycles. The van der Waals surface area contributed by atoms with E-state index < -0.39 is 0 Å². The lowest BCUT2D eigenvalue weighted by molar-refractivity contribution is -0.133. The number of carbonyl (C=O) groups is 1. The topological polar surface area (TPSA) is 66.3 Å². The first-order chi connectivity index (χ1) is 10.2. The number of hydrogen-bond acceptors (Lipinski definition) is 4. The monoisotopic (exact) mass is 285 g/mol. The summed E-state index contributed by atoms with van der Waals surface area (Å²) in [6.45, 7) is 2.54. The minimum Gasteiger partial charge on any atom is -0.395 e. The third kappa shape index (κ3) is 4.10. The molecule has 0 spiro atoms. The molecular formula is C16H19N3O2. The van der Waals surface area contributed by atoms with Crippen molar-refractivity contribution in [3.63, 3.8) is 0 Å². The molecule has 1 amide bonds. The van der Waals surface area contributed by atoms with Crippen LogP contribution in [0.5, 0.6) is 0 Å². The molecule has 0 fully saturated rings. The summed E-state index contributed by atoms with van der Waals surface area (Å²) in [5.41, 5.74) is 1.81. The van der Waals surface area contributed by atoms with Crippen molar-refractivity contribution in [2.75, 3.05) is 13.2 Å². The van der Waals surface area contributed by atoms with Crippen LogP contribution in [0.25, 0.3) is 0 Å². The zero-order valence-corrected chi connectivity index (χ0v) is 12.0. The quantitative estimate of drug-likeness (QED) is 0.875. The molecular weight excluding hydrogens is 266 g/mol. The van der Waals surface area contributed by atoms with Crippen molar-refractivity contribution in [1.82, 2.24) is 14.9 Å². The number of aliphatic hydroxyl groups excluding tert-OH is 1. The van der Waals surface area contributed by atoms with Gasteiger partial charge in [-0.15, -0.1) is 0 Å². The Morgan fingerprint density at radius 2 is 1.95 bits per heavy atom. The molecule has 110 valence electrons. The van der Waals surface area contributed by atoms with Crippen molar-refractivity contribution < 1.29 is 9.90 Å². The molecule has 5 heteroatoms. The third-order valence-electron chi connectivity index (χ3n) is 3.33. The van der Waals surface area contributed by atoms with E-state index in [2.05, 4.69) is 9.97 Å². The minimum atomic E-state index is -0.290. The van der Waals surface area contributed by atoms with Gasteiger partial charge in [0, 0.05) is 37.9 Å². The van der Waals surface area contributed by atoms with Crippen molar-refractivity contribution in [1.29, 1.82) is 0 Å². The van der Waals surface area contributed by atoms with Crippen molar-refractivity contribution in [2.45, 2.75) is 19.4 Å². The van der Waals surface area contributed by atoms with Crippen molar-refractivity contribution >= 4 is 5.91 Å². The Kier molecular flexibility index (Phi) is 5.40. The van der Waals surface area contributed by atoms with Crippen molar-refractivity contribution in [3.05, 3.63) is 60.2 Å². The molecule has 1 atom stereocenters. The van der Waals surface area contributed by atoms with Gasteiger partial charge in [0.2, 0.25) is 5.91 Å². The van der Waals surface area contributed by atoms with E-state index in [1.807, 2.05) is 31.2 Å². The highest BCUT2D eigenvalue weighted by Gasteiger charge is 2.22. The smallest absolute Gasteiger partial charge is 0.230 e. The normalized spacial score (nSPS) is 11.9. The average Bonchev–Trinajstić information content (AvgIpc) is 2.55. The van der Waals surface area contributed by atoms with E-state index in [4.69, 9.17) is 0 Å². The van der Waals surface area contributed by atoms with Gasteiger partial charge in [0.05, 0.1) is 12.5 Å². The second-order valence-electron chi connectivity index (χ2n) is 4.85. The maximum atomic E-state index is 12.6. The van der Waals surface area contributed by atoms with Crippen LogP contribution in [0.2, 0.25) is 0 Å². The highest BCUT2D eigenvalue weighted by Crippen LogP contribution is 2.18. The van der Waals surface area contributed by atoms with Crippen LogP contribution in [0, 0.1) is 0 Å². The van der Waals surface area contributed by atoms with E-state index in [9.17, 15) is 9.90 Å². The zero-order valence-electron chi connectivity index (χ0n) is 12.0. The average molecular weight is 285 g/mol. The molecule has 0 radical (unpaired) electrons. The molecule has 0 aliphatic carbocycles. The lowest BCUT2D eigenvalue weighted by Gasteiger charge is -2.25. The summed E-state index contributed by atoms with van der Waals surface area (Å²) in [7, 11) is 0. The summed E-state index contributed by atoms with van der Waals surface area (Å²) in [4.78, 5) is 22.3. The lowest BCUT2D eigenvalue weighted by Crippen LogP contribution is -2.36. The molecule has 0 aliphatic heterocycles. The molecule has 1 unspecified atom stereocenters.